The topological polar surface area (TPSA) is 49.3 Å². The Bertz CT molecular complexity index is 147. The van der Waals surface area contributed by atoms with Gasteiger partial charge in [-0.3, -0.25) is 4.79 Å². The van der Waals surface area contributed by atoms with Crippen molar-refractivity contribution in [3.8, 4) is 0 Å². The van der Waals surface area contributed by atoms with Crippen LogP contribution in [0.15, 0.2) is 0 Å². The van der Waals surface area contributed by atoms with Gasteiger partial charge in [-0.25, -0.2) is 0 Å². The quantitative estimate of drug-likeness (QED) is 0.628. The van der Waals surface area contributed by atoms with E-state index in [2.05, 4.69) is 12.2 Å². The molecule has 3 nitrogen and oxygen atoms in total. The number of carboxylic acids is 1. The minimum absolute atomic E-state index is 0.205. The number of carbonyl (C=O) groups is 1. The summed E-state index contributed by atoms with van der Waals surface area (Å²) in [6.07, 6.45) is 3.61. The molecule has 1 fully saturated rings. The van der Waals surface area contributed by atoms with E-state index in [1.54, 1.807) is 0 Å². The molecule has 3 heteroatoms. The van der Waals surface area contributed by atoms with Crippen LogP contribution in [0.2, 0.25) is 0 Å². The van der Waals surface area contributed by atoms with Crippen LogP contribution < -0.4 is 5.32 Å². The van der Waals surface area contributed by atoms with E-state index in [0.717, 1.165) is 12.8 Å². The molecule has 0 aliphatic carbocycles. The van der Waals surface area contributed by atoms with E-state index in [0.29, 0.717) is 6.04 Å². The fourth-order valence-electron chi connectivity index (χ4n) is 1.61. The molecule has 0 spiro atoms. The molecule has 0 aromatic heterocycles. The summed E-state index contributed by atoms with van der Waals surface area (Å²) >= 11 is 0. The molecule has 2 atom stereocenters. The first-order valence-corrected chi connectivity index (χ1v) is 4.16. The van der Waals surface area contributed by atoms with Gasteiger partial charge in [-0.15, -0.1) is 0 Å². The second-order valence-corrected chi connectivity index (χ2v) is 3.29. The van der Waals surface area contributed by atoms with Crippen LogP contribution in [0.5, 0.6) is 0 Å². The molecule has 0 saturated carbocycles. The highest BCUT2D eigenvalue weighted by molar-refractivity contribution is 5.67. The van der Waals surface area contributed by atoms with E-state index >= 15 is 0 Å². The summed E-state index contributed by atoms with van der Waals surface area (Å²) in [6, 6.07) is 0.698. The highest BCUT2D eigenvalue weighted by atomic mass is 16.4. The zero-order valence-electron chi connectivity index (χ0n) is 6.84. The zero-order chi connectivity index (χ0) is 8.27. The predicted molar refractivity (Wildman–Crippen MR) is 42.5 cm³/mol. The summed E-state index contributed by atoms with van der Waals surface area (Å²) in [4.78, 5) is 10.3. The Kier molecular flexibility index (Phi) is 2.88. The maximum Gasteiger partial charge on any atom is 0.304 e. The van der Waals surface area contributed by atoms with Crippen molar-refractivity contribution in [3.05, 3.63) is 0 Å². The summed E-state index contributed by atoms with van der Waals surface area (Å²) in [5.74, 6) is -0.698. The first-order valence-electron chi connectivity index (χ1n) is 4.16. The summed E-state index contributed by atoms with van der Waals surface area (Å²) in [5.41, 5.74) is 0. The Morgan fingerprint density at radius 2 is 2.36 bits per heavy atom. The van der Waals surface area contributed by atoms with Crippen molar-refractivity contribution in [2.24, 2.45) is 0 Å². The average Bonchev–Trinajstić information content (AvgIpc) is 1.85. The smallest absolute Gasteiger partial charge is 0.304 e. The van der Waals surface area contributed by atoms with E-state index in [1.807, 2.05) is 0 Å². The predicted octanol–water partition coefficient (Wildman–Crippen LogP) is 0.992. The third-order valence-corrected chi connectivity index (χ3v) is 2.13. The number of rotatable bonds is 2. The Balaban J connectivity index is 2.28. The van der Waals surface area contributed by atoms with Gasteiger partial charge in [0.2, 0.25) is 0 Å². The standard InChI is InChI=1S/C8H15NO2/c1-6-3-2-4-7(9-6)5-8(10)11/h6-7,9H,2-5H2,1H3,(H,10,11)/t6-,7-/m0/s1. The van der Waals surface area contributed by atoms with Gasteiger partial charge in [-0.2, -0.15) is 0 Å². The van der Waals surface area contributed by atoms with Crippen molar-refractivity contribution in [1.29, 1.82) is 0 Å². The van der Waals surface area contributed by atoms with Gasteiger partial charge in [0.1, 0.15) is 0 Å². The minimum atomic E-state index is -0.698. The SMILES string of the molecule is C[C@H]1CCC[C@@H](CC(=O)O)N1. The third kappa shape index (κ3) is 2.89. The molecule has 1 saturated heterocycles. The fourth-order valence-corrected chi connectivity index (χ4v) is 1.61. The molecule has 1 aliphatic rings. The highest BCUT2D eigenvalue weighted by Gasteiger charge is 2.19. The van der Waals surface area contributed by atoms with Gasteiger partial charge in [0.25, 0.3) is 0 Å². The van der Waals surface area contributed by atoms with Crippen LogP contribution in [0.1, 0.15) is 32.6 Å². The molecule has 2 N–H and O–H groups in total. The Morgan fingerprint density at radius 3 is 2.91 bits per heavy atom. The van der Waals surface area contributed by atoms with Gasteiger partial charge in [-0.1, -0.05) is 6.42 Å². The van der Waals surface area contributed by atoms with Crippen LogP contribution in [0.3, 0.4) is 0 Å². The molecule has 0 aromatic carbocycles. The van der Waals surface area contributed by atoms with Crippen LogP contribution >= 0.6 is 0 Å². The molecule has 1 heterocycles. The van der Waals surface area contributed by atoms with Gasteiger partial charge in [0.15, 0.2) is 0 Å². The average molecular weight is 157 g/mol. The Labute approximate surface area is 66.8 Å². The van der Waals surface area contributed by atoms with Gasteiger partial charge in [0.05, 0.1) is 6.42 Å². The summed E-state index contributed by atoms with van der Waals surface area (Å²) < 4.78 is 0. The molecule has 1 rings (SSSR count). The van der Waals surface area contributed by atoms with Gasteiger partial charge < -0.3 is 10.4 Å². The monoisotopic (exact) mass is 157 g/mol. The fraction of sp³-hybridized carbons (Fsp3) is 0.875. The molecule has 64 valence electrons. The normalized spacial score (nSPS) is 31.7. The molecule has 0 aromatic rings. The number of aliphatic carboxylic acids is 1. The number of nitrogens with one attached hydrogen (secondary N) is 1. The van der Waals surface area contributed by atoms with Crippen molar-refractivity contribution in [2.75, 3.05) is 0 Å². The molecular formula is C8H15NO2. The molecule has 1 aliphatic heterocycles. The number of hydrogen-bond acceptors (Lipinski definition) is 2. The van der Waals surface area contributed by atoms with Gasteiger partial charge in [-0.05, 0) is 19.8 Å². The van der Waals surface area contributed by atoms with Crippen LogP contribution in [-0.2, 0) is 4.79 Å². The molecular weight excluding hydrogens is 142 g/mol. The Morgan fingerprint density at radius 1 is 1.64 bits per heavy atom. The van der Waals surface area contributed by atoms with Crippen molar-refractivity contribution < 1.29 is 9.90 Å². The summed E-state index contributed by atoms with van der Waals surface area (Å²) in [7, 11) is 0. The summed E-state index contributed by atoms with van der Waals surface area (Å²) in [5, 5.41) is 11.8. The van der Waals surface area contributed by atoms with Crippen LogP contribution in [0.4, 0.5) is 0 Å². The van der Waals surface area contributed by atoms with Crippen LogP contribution in [0, 0.1) is 0 Å². The number of piperidine rings is 1. The first kappa shape index (κ1) is 8.53. The molecule has 0 unspecified atom stereocenters. The van der Waals surface area contributed by atoms with Crippen molar-refractivity contribution >= 4 is 5.97 Å². The lowest BCUT2D eigenvalue weighted by atomic mass is 9.98. The zero-order valence-corrected chi connectivity index (χ0v) is 6.84. The lowest BCUT2D eigenvalue weighted by Crippen LogP contribution is -2.41. The van der Waals surface area contributed by atoms with Crippen LogP contribution in [0.25, 0.3) is 0 Å². The van der Waals surface area contributed by atoms with Crippen molar-refractivity contribution in [3.63, 3.8) is 0 Å². The lowest BCUT2D eigenvalue weighted by Gasteiger charge is -2.27. The van der Waals surface area contributed by atoms with Crippen molar-refractivity contribution in [1.82, 2.24) is 5.32 Å². The van der Waals surface area contributed by atoms with Gasteiger partial charge >= 0.3 is 5.97 Å². The maximum absolute atomic E-state index is 10.3. The van der Waals surface area contributed by atoms with E-state index in [9.17, 15) is 4.79 Å². The van der Waals surface area contributed by atoms with E-state index in [1.165, 1.54) is 6.42 Å². The second-order valence-electron chi connectivity index (χ2n) is 3.29. The second kappa shape index (κ2) is 3.72. The summed E-state index contributed by atoms with van der Waals surface area (Å²) in [6.45, 7) is 2.11. The largest absolute Gasteiger partial charge is 0.481 e. The molecule has 0 amide bonds. The van der Waals surface area contributed by atoms with Crippen LogP contribution in [-0.4, -0.2) is 23.2 Å². The highest BCUT2D eigenvalue weighted by Crippen LogP contribution is 2.14. The lowest BCUT2D eigenvalue weighted by molar-refractivity contribution is -0.137. The number of carboxylic acid groups (broad SMARTS) is 1. The number of hydrogen-bond donors (Lipinski definition) is 2. The maximum atomic E-state index is 10.3. The molecule has 11 heavy (non-hydrogen) atoms. The third-order valence-electron chi connectivity index (χ3n) is 2.13. The molecule has 0 bridgehead atoms. The first-order chi connectivity index (χ1) is 5.18. The van der Waals surface area contributed by atoms with E-state index in [4.69, 9.17) is 5.11 Å². The van der Waals surface area contributed by atoms with E-state index in [-0.39, 0.29) is 12.5 Å². The minimum Gasteiger partial charge on any atom is -0.481 e. The molecule has 0 radical (unpaired) electrons. The van der Waals surface area contributed by atoms with Crippen molar-refractivity contribution in [2.45, 2.75) is 44.7 Å². The van der Waals surface area contributed by atoms with E-state index < -0.39 is 5.97 Å². The Hall–Kier alpha value is -0.570. The van der Waals surface area contributed by atoms with Gasteiger partial charge in [0, 0.05) is 12.1 Å².